The topological polar surface area (TPSA) is 83.4 Å². The molecule has 140 valence electrons. The number of hydrogen-bond donors (Lipinski definition) is 3. The lowest BCUT2D eigenvalue weighted by atomic mass is 10.1. The summed E-state index contributed by atoms with van der Waals surface area (Å²) < 4.78 is 27.9. The van der Waals surface area contributed by atoms with Crippen molar-refractivity contribution < 1.29 is 23.5 Å². The SMILES string of the molecule is Cn1cc(C(O)CNC(=O)C(=O)Nc2ccc(F)c(F)c2)c2ccccc21. The number of aromatic nitrogens is 1. The van der Waals surface area contributed by atoms with E-state index in [9.17, 15) is 23.5 Å². The molecule has 2 aromatic carbocycles. The third-order valence-corrected chi connectivity index (χ3v) is 4.13. The second-order valence-electron chi connectivity index (χ2n) is 6.02. The summed E-state index contributed by atoms with van der Waals surface area (Å²) in [6.07, 6.45) is 0.735. The van der Waals surface area contributed by atoms with Crippen LogP contribution in [-0.2, 0) is 16.6 Å². The quantitative estimate of drug-likeness (QED) is 0.614. The van der Waals surface area contributed by atoms with Crippen LogP contribution >= 0.6 is 0 Å². The van der Waals surface area contributed by atoms with E-state index in [1.54, 1.807) is 6.20 Å². The van der Waals surface area contributed by atoms with Gasteiger partial charge in [-0.2, -0.15) is 0 Å². The second-order valence-corrected chi connectivity index (χ2v) is 6.02. The molecule has 1 aromatic heterocycles. The van der Waals surface area contributed by atoms with Gasteiger partial charge in [-0.3, -0.25) is 9.59 Å². The molecule has 8 heteroatoms. The number of anilines is 1. The van der Waals surface area contributed by atoms with Crippen molar-refractivity contribution >= 4 is 28.4 Å². The van der Waals surface area contributed by atoms with Gasteiger partial charge in [0.1, 0.15) is 0 Å². The Morgan fingerprint density at radius 1 is 1.11 bits per heavy atom. The lowest BCUT2D eigenvalue weighted by Crippen LogP contribution is -2.37. The van der Waals surface area contributed by atoms with E-state index in [4.69, 9.17) is 0 Å². The second kappa shape index (κ2) is 7.55. The first-order valence-corrected chi connectivity index (χ1v) is 8.13. The zero-order valence-electron chi connectivity index (χ0n) is 14.4. The highest BCUT2D eigenvalue weighted by Gasteiger charge is 2.19. The Hall–Kier alpha value is -3.26. The Morgan fingerprint density at radius 3 is 2.59 bits per heavy atom. The summed E-state index contributed by atoms with van der Waals surface area (Å²) >= 11 is 0. The minimum Gasteiger partial charge on any atom is -0.386 e. The molecule has 3 rings (SSSR count). The Bertz CT molecular complexity index is 1020. The molecule has 1 heterocycles. The van der Waals surface area contributed by atoms with Crippen LogP contribution in [0.1, 0.15) is 11.7 Å². The molecular formula is C19H17F2N3O3. The number of carbonyl (C=O) groups is 2. The van der Waals surface area contributed by atoms with Crippen molar-refractivity contribution in [2.24, 2.45) is 7.05 Å². The number of aryl methyl sites for hydroxylation is 1. The summed E-state index contributed by atoms with van der Waals surface area (Å²) in [5.74, 6) is -4.25. The van der Waals surface area contributed by atoms with Gasteiger partial charge in [0.25, 0.3) is 0 Å². The third kappa shape index (κ3) is 3.95. The van der Waals surface area contributed by atoms with Crippen molar-refractivity contribution in [3.05, 3.63) is 65.9 Å². The molecule has 3 N–H and O–H groups in total. The van der Waals surface area contributed by atoms with Crippen molar-refractivity contribution in [1.82, 2.24) is 9.88 Å². The number of fused-ring (bicyclic) bond motifs is 1. The molecule has 0 saturated carbocycles. The van der Waals surface area contributed by atoms with Gasteiger partial charge >= 0.3 is 11.8 Å². The smallest absolute Gasteiger partial charge is 0.313 e. The van der Waals surface area contributed by atoms with Crippen LogP contribution in [0.4, 0.5) is 14.5 Å². The van der Waals surface area contributed by atoms with Gasteiger partial charge in [0.2, 0.25) is 0 Å². The van der Waals surface area contributed by atoms with E-state index in [1.165, 1.54) is 0 Å². The molecule has 0 spiro atoms. The highest BCUT2D eigenvalue weighted by molar-refractivity contribution is 6.39. The van der Waals surface area contributed by atoms with Crippen molar-refractivity contribution in [1.29, 1.82) is 0 Å². The van der Waals surface area contributed by atoms with Gasteiger partial charge < -0.3 is 20.3 Å². The number of rotatable bonds is 4. The fraction of sp³-hybridized carbons (Fsp3) is 0.158. The number of aliphatic hydroxyl groups is 1. The Labute approximate surface area is 153 Å². The van der Waals surface area contributed by atoms with E-state index in [2.05, 4.69) is 10.6 Å². The van der Waals surface area contributed by atoms with Gasteiger partial charge in [-0.25, -0.2) is 8.78 Å². The first-order valence-electron chi connectivity index (χ1n) is 8.13. The number of aliphatic hydroxyl groups excluding tert-OH is 1. The van der Waals surface area contributed by atoms with Gasteiger partial charge in [-0.05, 0) is 18.2 Å². The minimum absolute atomic E-state index is 0.0522. The van der Waals surface area contributed by atoms with Gasteiger partial charge in [0, 0.05) is 48.0 Å². The number of hydrogen-bond acceptors (Lipinski definition) is 3. The molecule has 0 aliphatic heterocycles. The Balaban J connectivity index is 1.62. The van der Waals surface area contributed by atoms with Gasteiger partial charge in [0.15, 0.2) is 11.6 Å². The molecule has 0 saturated heterocycles. The van der Waals surface area contributed by atoms with Gasteiger partial charge in [0.05, 0.1) is 6.10 Å². The fourth-order valence-electron chi connectivity index (χ4n) is 2.78. The number of nitrogens with one attached hydrogen (secondary N) is 2. The predicted octanol–water partition coefficient (Wildman–Crippen LogP) is 2.24. The van der Waals surface area contributed by atoms with Crippen LogP contribution < -0.4 is 10.6 Å². The van der Waals surface area contributed by atoms with Crippen LogP contribution in [0.25, 0.3) is 10.9 Å². The molecule has 1 atom stereocenters. The average Bonchev–Trinajstić information content (AvgIpc) is 2.99. The van der Waals surface area contributed by atoms with E-state index in [1.807, 2.05) is 35.9 Å². The molecule has 0 bridgehead atoms. The standard InChI is InChI=1S/C19H17F2N3O3/c1-24-10-13(12-4-2-3-5-16(12)24)17(25)9-22-18(26)19(27)23-11-6-7-14(20)15(21)8-11/h2-8,10,17,25H,9H2,1H3,(H,22,26)(H,23,27). The highest BCUT2D eigenvalue weighted by Crippen LogP contribution is 2.25. The molecule has 1 unspecified atom stereocenters. The van der Waals surface area contributed by atoms with Crippen molar-refractivity contribution in [3.63, 3.8) is 0 Å². The largest absolute Gasteiger partial charge is 0.386 e. The molecule has 6 nitrogen and oxygen atoms in total. The van der Waals surface area contributed by atoms with E-state index in [0.29, 0.717) is 5.56 Å². The van der Waals surface area contributed by atoms with Crippen LogP contribution in [0.5, 0.6) is 0 Å². The first kappa shape index (κ1) is 18.5. The summed E-state index contributed by atoms with van der Waals surface area (Å²) in [4.78, 5) is 23.7. The van der Waals surface area contributed by atoms with Gasteiger partial charge in [-0.15, -0.1) is 0 Å². The van der Waals surface area contributed by atoms with E-state index in [0.717, 1.165) is 29.1 Å². The maximum atomic E-state index is 13.1. The number of amides is 2. The monoisotopic (exact) mass is 373 g/mol. The normalized spacial score (nSPS) is 12.0. The number of carbonyl (C=O) groups excluding carboxylic acids is 2. The summed E-state index contributed by atoms with van der Waals surface area (Å²) in [6, 6.07) is 10.2. The molecule has 27 heavy (non-hydrogen) atoms. The summed E-state index contributed by atoms with van der Waals surface area (Å²) in [5, 5.41) is 15.7. The fourth-order valence-corrected chi connectivity index (χ4v) is 2.78. The molecule has 0 radical (unpaired) electrons. The minimum atomic E-state index is -1.14. The van der Waals surface area contributed by atoms with Gasteiger partial charge in [-0.1, -0.05) is 18.2 Å². The van der Waals surface area contributed by atoms with E-state index >= 15 is 0 Å². The zero-order chi connectivity index (χ0) is 19.6. The van der Waals surface area contributed by atoms with Crippen molar-refractivity contribution in [3.8, 4) is 0 Å². The van der Waals surface area contributed by atoms with Crippen LogP contribution in [0.3, 0.4) is 0 Å². The summed E-state index contributed by atoms with van der Waals surface area (Å²) in [6.45, 7) is -0.183. The number of nitrogens with zero attached hydrogens (tertiary/aromatic N) is 1. The van der Waals surface area contributed by atoms with Crippen LogP contribution in [0, 0.1) is 11.6 Å². The number of para-hydroxylation sites is 1. The zero-order valence-corrected chi connectivity index (χ0v) is 14.4. The lowest BCUT2D eigenvalue weighted by molar-refractivity contribution is -0.136. The van der Waals surface area contributed by atoms with E-state index in [-0.39, 0.29) is 12.2 Å². The van der Waals surface area contributed by atoms with Crippen LogP contribution in [0.2, 0.25) is 0 Å². The molecule has 0 aliphatic carbocycles. The molecule has 0 aliphatic rings. The van der Waals surface area contributed by atoms with Crippen LogP contribution in [-0.4, -0.2) is 28.0 Å². The number of benzene rings is 2. The Morgan fingerprint density at radius 2 is 1.85 bits per heavy atom. The maximum absolute atomic E-state index is 13.1. The maximum Gasteiger partial charge on any atom is 0.313 e. The molecule has 2 amide bonds. The Kier molecular flexibility index (Phi) is 5.18. The summed E-state index contributed by atoms with van der Waals surface area (Å²) in [7, 11) is 1.84. The average molecular weight is 373 g/mol. The summed E-state index contributed by atoms with van der Waals surface area (Å²) in [5.41, 5.74) is 1.49. The van der Waals surface area contributed by atoms with Crippen molar-refractivity contribution in [2.45, 2.75) is 6.10 Å². The molecule has 3 aromatic rings. The predicted molar refractivity (Wildman–Crippen MR) is 95.9 cm³/mol. The molecule has 0 fully saturated rings. The van der Waals surface area contributed by atoms with Crippen molar-refractivity contribution in [2.75, 3.05) is 11.9 Å². The first-order chi connectivity index (χ1) is 12.9. The third-order valence-electron chi connectivity index (χ3n) is 4.13. The lowest BCUT2D eigenvalue weighted by Gasteiger charge is -2.11. The molecular weight excluding hydrogens is 356 g/mol. The highest BCUT2D eigenvalue weighted by atomic mass is 19.2. The van der Waals surface area contributed by atoms with E-state index < -0.39 is 29.6 Å². The number of halogens is 2. The van der Waals surface area contributed by atoms with Crippen LogP contribution in [0.15, 0.2) is 48.7 Å².